The van der Waals surface area contributed by atoms with E-state index in [9.17, 15) is 0 Å². The Labute approximate surface area is 123 Å². The maximum Gasteiger partial charge on any atom is 0.199 e. The van der Waals surface area contributed by atoms with Gasteiger partial charge in [0.15, 0.2) is 5.22 Å². The normalized spacial score (nSPS) is 20.6. The van der Waals surface area contributed by atoms with Crippen molar-refractivity contribution >= 4 is 22.6 Å². The summed E-state index contributed by atoms with van der Waals surface area (Å²) in [6.07, 6.45) is 0.241. The molecule has 1 atom stereocenters. The van der Waals surface area contributed by atoms with E-state index < -0.39 is 0 Å². The predicted octanol–water partition coefficient (Wildman–Crippen LogP) is 2.51. The molecule has 1 saturated heterocycles. The molecule has 4 nitrogen and oxygen atoms in total. The van der Waals surface area contributed by atoms with Crippen LogP contribution in [0.3, 0.4) is 0 Å². The van der Waals surface area contributed by atoms with Gasteiger partial charge in [-0.1, -0.05) is 18.2 Å². The van der Waals surface area contributed by atoms with E-state index in [-0.39, 0.29) is 6.10 Å². The molecule has 108 valence electrons. The zero-order chi connectivity index (χ0) is 13.9. The van der Waals surface area contributed by atoms with E-state index in [1.54, 1.807) is 0 Å². The standard InChI is InChI=1S/C15H19ClN2O2/c1-18-6-7-19-11(10-18)8-17-9-13-12-4-2-3-5-14(12)20-15(13)16/h2-5,11,17H,6-10H2,1H3. The van der Waals surface area contributed by atoms with Crippen molar-refractivity contribution in [2.75, 3.05) is 33.3 Å². The first kappa shape index (κ1) is 13.9. The maximum atomic E-state index is 6.17. The number of halogens is 1. The van der Waals surface area contributed by atoms with Crippen LogP contribution in [0.2, 0.25) is 5.22 Å². The lowest BCUT2D eigenvalue weighted by Gasteiger charge is -2.30. The van der Waals surface area contributed by atoms with Crippen LogP contribution in [0.5, 0.6) is 0 Å². The molecule has 3 rings (SSSR count). The second-order valence-corrected chi connectivity index (χ2v) is 5.58. The summed E-state index contributed by atoms with van der Waals surface area (Å²) in [6.45, 7) is 4.29. The van der Waals surface area contributed by atoms with E-state index >= 15 is 0 Å². The quantitative estimate of drug-likeness (QED) is 0.940. The topological polar surface area (TPSA) is 37.6 Å². The molecule has 0 aliphatic carbocycles. The molecule has 5 heteroatoms. The molecule has 1 aliphatic heterocycles. The van der Waals surface area contributed by atoms with Crippen LogP contribution in [0, 0.1) is 0 Å². The number of fused-ring (bicyclic) bond motifs is 1. The van der Waals surface area contributed by atoms with Crippen LogP contribution in [0.25, 0.3) is 11.0 Å². The van der Waals surface area contributed by atoms with Crippen molar-refractivity contribution in [3.8, 4) is 0 Å². The van der Waals surface area contributed by atoms with E-state index in [1.165, 1.54) is 0 Å². The second kappa shape index (κ2) is 6.14. The molecule has 0 saturated carbocycles. The first-order valence-electron chi connectivity index (χ1n) is 6.91. The lowest BCUT2D eigenvalue weighted by Crippen LogP contribution is -2.44. The number of para-hydroxylation sites is 1. The van der Waals surface area contributed by atoms with Gasteiger partial charge >= 0.3 is 0 Å². The predicted molar refractivity (Wildman–Crippen MR) is 80.2 cm³/mol. The van der Waals surface area contributed by atoms with E-state index in [4.69, 9.17) is 20.8 Å². The zero-order valence-corrected chi connectivity index (χ0v) is 12.3. The van der Waals surface area contributed by atoms with Crippen LogP contribution in [-0.2, 0) is 11.3 Å². The molecule has 0 amide bonds. The minimum Gasteiger partial charge on any atom is -0.444 e. The Morgan fingerprint density at radius 1 is 1.40 bits per heavy atom. The molecular formula is C15H19ClN2O2. The Morgan fingerprint density at radius 2 is 2.25 bits per heavy atom. The van der Waals surface area contributed by atoms with Crippen LogP contribution in [-0.4, -0.2) is 44.3 Å². The molecule has 1 N–H and O–H groups in total. The molecule has 1 aromatic heterocycles. The fourth-order valence-electron chi connectivity index (χ4n) is 2.58. The van der Waals surface area contributed by atoms with Gasteiger partial charge in [0, 0.05) is 37.1 Å². The molecule has 2 heterocycles. The number of likely N-dealkylation sites (N-methyl/N-ethyl adjacent to an activating group) is 1. The molecule has 1 unspecified atom stereocenters. The van der Waals surface area contributed by atoms with Gasteiger partial charge in [0.05, 0.1) is 12.7 Å². The fraction of sp³-hybridized carbons (Fsp3) is 0.467. The highest BCUT2D eigenvalue weighted by atomic mass is 35.5. The Hall–Kier alpha value is -1.07. The van der Waals surface area contributed by atoms with E-state index in [2.05, 4.69) is 17.3 Å². The third-order valence-corrected chi connectivity index (χ3v) is 3.97. The van der Waals surface area contributed by atoms with Crippen molar-refractivity contribution in [2.45, 2.75) is 12.6 Å². The second-order valence-electron chi connectivity index (χ2n) is 5.24. The van der Waals surface area contributed by atoms with Crippen LogP contribution < -0.4 is 5.32 Å². The summed E-state index contributed by atoms with van der Waals surface area (Å²) in [5.74, 6) is 0. The summed E-state index contributed by atoms with van der Waals surface area (Å²) < 4.78 is 11.3. The fourth-order valence-corrected chi connectivity index (χ4v) is 2.83. The molecular weight excluding hydrogens is 276 g/mol. The van der Waals surface area contributed by atoms with Crippen LogP contribution >= 0.6 is 11.6 Å². The Balaban J connectivity index is 1.61. The number of nitrogens with one attached hydrogen (secondary N) is 1. The maximum absolute atomic E-state index is 6.17. The molecule has 0 radical (unpaired) electrons. The molecule has 2 aromatic rings. The van der Waals surface area contributed by atoms with Gasteiger partial charge in [-0.15, -0.1) is 0 Å². The van der Waals surface area contributed by atoms with Crippen molar-refractivity contribution in [2.24, 2.45) is 0 Å². The first-order valence-corrected chi connectivity index (χ1v) is 7.28. The smallest absolute Gasteiger partial charge is 0.199 e. The highest BCUT2D eigenvalue weighted by molar-refractivity contribution is 6.30. The average Bonchev–Trinajstić information content (AvgIpc) is 2.75. The number of hydrogen-bond acceptors (Lipinski definition) is 4. The number of benzene rings is 1. The third-order valence-electron chi connectivity index (χ3n) is 3.66. The van der Waals surface area contributed by atoms with Gasteiger partial charge in [-0.25, -0.2) is 0 Å². The van der Waals surface area contributed by atoms with E-state index in [1.807, 2.05) is 24.3 Å². The Morgan fingerprint density at radius 3 is 3.10 bits per heavy atom. The number of rotatable bonds is 4. The van der Waals surface area contributed by atoms with E-state index in [0.29, 0.717) is 11.8 Å². The SMILES string of the molecule is CN1CCOC(CNCc2c(Cl)oc3ccccc23)C1. The number of ether oxygens (including phenoxy) is 1. The molecule has 0 spiro atoms. The summed E-state index contributed by atoms with van der Waals surface area (Å²) >= 11 is 6.17. The largest absolute Gasteiger partial charge is 0.444 e. The van der Waals surface area contributed by atoms with Crippen LogP contribution in [0.15, 0.2) is 28.7 Å². The highest BCUT2D eigenvalue weighted by Gasteiger charge is 2.18. The van der Waals surface area contributed by atoms with Gasteiger partial charge in [-0.05, 0) is 24.7 Å². The monoisotopic (exact) mass is 294 g/mol. The van der Waals surface area contributed by atoms with Gasteiger partial charge < -0.3 is 19.4 Å². The third kappa shape index (κ3) is 2.99. The van der Waals surface area contributed by atoms with Gasteiger partial charge in [0.2, 0.25) is 0 Å². The number of morpholine rings is 1. The minimum absolute atomic E-state index is 0.241. The summed E-state index contributed by atoms with van der Waals surface area (Å²) in [6, 6.07) is 7.92. The number of hydrogen-bond donors (Lipinski definition) is 1. The Kier molecular flexibility index (Phi) is 4.27. The van der Waals surface area contributed by atoms with Gasteiger partial charge in [0.25, 0.3) is 0 Å². The summed E-state index contributed by atoms with van der Waals surface area (Å²) in [7, 11) is 2.12. The molecule has 20 heavy (non-hydrogen) atoms. The van der Waals surface area contributed by atoms with Crippen molar-refractivity contribution < 1.29 is 9.15 Å². The van der Waals surface area contributed by atoms with Gasteiger partial charge in [-0.2, -0.15) is 0 Å². The highest BCUT2D eigenvalue weighted by Crippen LogP contribution is 2.29. The summed E-state index contributed by atoms with van der Waals surface area (Å²) in [4.78, 5) is 2.29. The molecule has 1 aromatic carbocycles. The summed E-state index contributed by atoms with van der Waals surface area (Å²) in [5, 5.41) is 4.96. The number of nitrogens with zero attached hydrogens (tertiary/aromatic N) is 1. The lowest BCUT2D eigenvalue weighted by molar-refractivity contribution is -0.0182. The minimum atomic E-state index is 0.241. The Bertz CT molecular complexity index is 584. The average molecular weight is 295 g/mol. The van der Waals surface area contributed by atoms with Crippen molar-refractivity contribution in [3.05, 3.63) is 35.0 Å². The molecule has 1 aliphatic rings. The number of furan rings is 1. The molecule has 0 bridgehead atoms. The van der Waals surface area contributed by atoms with Crippen molar-refractivity contribution in [1.82, 2.24) is 10.2 Å². The van der Waals surface area contributed by atoms with Crippen LogP contribution in [0.4, 0.5) is 0 Å². The summed E-state index contributed by atoms with van der Waals surface area (Å²) in [5.41, 5.74) is 1.86. The van der Waals surface area contributed by atoms with Gasteiger partial charge in [0.1, 0.15) is 5.58 Å². The zero-order valence-electron chi connectivity index (χ0n) is 11.6. The lowest BCUT2D eigenvalue weighted by atomic mass is 10.2. The molecule has 1 fully saturated rings. The first-order chi connectivity index (χ1) is 9.74. The van der Waals surface area contributed by atoms with Crippen molar-refractivity contribution in [3.63, 3.8) is 0 Å². The van der Waals surface area contributed by atoms with E-state index in [0.717, 1.165) is 42.8 Å². The van der Waals surface area contributed by atoms with Gasteiger partial charge in [-0.3, -0.25) is 0 Å². The van der Waals surface area contributed by atoms with Crippen LogP contribution in [0.1, 0.15) is 5.56 Å². The van der Waals surface area contributed by atoms with Crippen molar-refractivity contribution in [1.29, 1.82) is 0 Å².